The molecule has 2 rings (SSSR count). The molecule has 7 heteroatoms. The van der Waals surface area contributed by atoms with Crippen molar-refractivity contribution in [1.29, 1.82) is 5.26 Å². The van der Waals surface area contributed by atoms with Gasteiger partial charge in [0.05, 0.1) is 27.5 Å². The smallest absolute Gasteiger partial charge is 0.352 e. The van der Waals surface area contributed by atoms with Crippen molar-refractivity contribution in [2.24, 2.45) is 0 Å². The quantitative estimate of drug-likeness (QED) is 0.782. The second-order valence-corrected chi connectivity index (χ2v) is 4.50. The van der Waals surface area contributed by atoms with Crippen molar-refractivity contribution in [3.63, 3.8) is 0 Å². The SMILES string of the molecule is N#Cc1c(Cl)cccc1Nc1cc(C(F)(F)F)ccc1F. The molecule has 0 atom stereocenters. The maximum absolute atomic E-state index is 13.6. The molecule has 0 heterocycles. The summed E-state index contributed by atoms with van der Waals surface area (Å²) in [4.78, 5) is 0. The summed E-state index contributed by atoms with van der Waals surface area (Å²) in [5.41, 5.74) is -1.23. The molecule has 0 aromatic heterocycles. The van der Waals surface area contributed by atoms with Gasteiger partial charge in [-0.15, -0.1) is 0 Å². The molecular formula is C14H7ClF4N2. The van der Waals surface area contributed by atoms with Gasteiger partial charge in [0, 0.05) is 0 Å². The Kier molecular flexibility index (Phi) is 4.05. The van der Waals surface area contributed by atoms with E-state index in [9.17, 15) is 17.6 Å². The third-order valence-electron chi connectivity index (χ3n) is 2.69. The average molecular weight is 315 g/mol. The molecule has 0 saturated heterocycles. The third kappa shape index (κ3) is 3.26. The van der Waals surface area contributed by atoms with Crippen molar-refractivity contribution < 1.29 is 17.6 Å². The van der Waals surface area contributed by atoms with Crippen LogP contribution in [0.25, 0.3) is 0 Å². The van der Waals surface area contributed by atoms with E-state index in [0.29, 0.717) is 18.2 Å². The largest absolute Gasteiger partial charge is 0.416 e. The monoisotopic (exact) mass is 314 g/mol. The number of halogens is 5. The Hall–Kier alpha value is -2.26. The van der Waals surface area contributed by atoms with E-state index < -0.39 is 17.6 Å². The maximum atomic E-state index is 13.6. The first-order chi connectivity index (χ1) is 9.82. The lowest BCUT2D eigenvalue weighted by molar-refractivity contribution is -0.137. The Labute approximate surface area is 122 Å². The van der Waals surface area contributed by atoms with Gasteiger partial charge in [-0.25, -0.2) is 4.39 Å². The first-order valence-corrected chi connectivity index (χ1v) is 6.03. The van der Waals surface area contributed by atoms with E-state index >= 15 is 0 Å². The summed E-state index contributed by atoms with van der Waals surface area (Å²) in [6.07, 6.45) is -4.59. The van der Waals surface area contributed by atoms with Gasteiger partial charge in [0.25, 0.3) is 0 Å². The van der Waals surface area contributed by atoms with Gasteiger partial charge in [0.15, 0.2) is 0 Å². The van der Waals surface area contributed by atoms with Crippen LogP contribution in [0.5, 0.6) is 0 Å². The van der Waals surface area contributed by atoms with Gasteiger partial charge in [-0.3, -0.25) is 0 Å². The van der Waals surface area contributed by atoms with E-state index in [1.807, 2.05) is 6.07 Å². The molecule has 108 valence electrons. The standard InChI is InChI=1S/C14H7ClF4N2/c15-10-2-1-3-12(9(10)7-20)21-13-6-8(14(17,18)19)4-5-11(13)16/h1-6,21H. The Morgan fingerprint density at radius 1 is 1.10 bits per heavy atom. The highest BCUT2D eigenvalue weighted by Crippen LogP contribution is 2.33. The fraction of sp³-hybridized carbons (Fsp3) is 0.0714. The van der Waals surface area contributed by atoms with E-state index in [1.165, 1.54) is 18.2 Å². The normalized spacial score (nSPS) is 11.0. The van der Waals surface area contributed by atoms with Crippen LogP contribution < -0.4 is 5.32 Å². The summed E-state index contributed by atoms with van der Waals surface area (Å²) in [5, 5.41) is 11.6. The minimum atomic E-state index is -4.59. The van der Waals surface area contributed by atoms with Crippen LogP contribution in [0.4, 0.5) is 28.9 Å². The zero-order chi connectivity index (χ0) is 15.6. The van der Waals surface area contributed by atoms with E-state index in [-0.39, 0.29) is 22.0 Å². The number of nitrogens with zero attached hydrogens (tertiary/aromatic N) is 1. The number of hydrogen-bond donors (Lipinski definition) is 1. The zero-order valence-corrected chi connectivity index (χ0v) is 11.1. The van der Waals surface area contributed by atoms with Gasteiger partial charge in [0.1, 0.15) is 11.9 Å². The van der Waals surface area contributed by atoms with Gasteiger partial charge in [-0.2, -0.15) is 18.4 Å². The lowest BCUT2D eigenvalue weighted by Gasteiger charge is -2.13. The Bertz CT molecular complexity index is 720. The van der Waals surface area contributed by atoms with Crippen molar-refractivity contribution in [3.8, 4) is 6.07 Å². The summed E-state index contributed by atoms with van der Waals surface area (Å²) < 4.78 is 51.5. The Balaban J connectivity index is 2.46. The van der Waals surface area contributed by atoms with Crippen molar-refractivity contribution in [1.82, 2.24) is 0 Å². The second kappa shape index (κ2) is 5.62. The first kappa shape index (κ1) is 15.1. The van der Waals surface area contributed by atoms with Gasteiger partial charge < -0.3 is 5.32 Å². The Morgan fingerprint density at radius 3 is 2.43 bits per heavy atom. The fourth-order valence-corrected chi connectivity index (χ4v) is 1.90. The molecule has 2 nitrogen and oxygen atoms in total. The van der Waals surface area contributed by atoms with Crippen molar-refractivity contribution >= 4 is 23.0 Å². The lowest BCUT2D eigenvalue weighted by atomic mass is 10.1. The van der Waals surface area contributed by atoms with Crippen molar-refractivity contribution in [3.05, 3.63) is 58.4 Å². The van der Waals surface area contributed by atoms with Crippen LogP contribution in [-0.4, -0.2) is 0 Å². The number of rotatable bonds is 2. The summed E-state index contributed by atoms with van der Waals surface area (Å²) in [6, 6.07) is 8.17. The molecule has 0 bridgehead atoms. The van der Waals surface area contributed by atoms with Crippen LogP contribution in [0.15, 0.2) is 36.4 Å². The van der Waals surface area contributed by atoms with Gasteiger partial charge in [-0.1, -0.05) is 17.7 Å². The number of nitrogens with one attached hydrogen (secondary N) is 1. The van der Waals surface area contributed by atoms with Crippen molar-refractivity contribution in [2.75, 3.05) is 5.32 Å². The number of alkyl halides is 3. The zero-order valence-electron chi connectivity index (χ0n) is 10.3. The molecular weight excluding hydrogens is 308 g/mol. The van der Waals surface area contributed by atoms with Gasteiger partial charge >= 0.3 is 6.18 Å². The summed E-state index contributed by atoms with van der Waals surface area (Å²) >= 11 is 5.80. The fourth-order valence-electron chi connectivity index (χ4n) is 1.68. The molecule has 0 fully saturated rings. The highest BCUT2D eigenvalue weighted by atomic mass is 35.5. The molecule has 21 heavy (non-hydrogen) atoms. The minimum absolute atomic E-state index is 0.0241. The molecule has 0 unspecified atom stereocenters. The number of anilines is 2. The molecule has 0 aliphatic rings. The van der Waals surface area contributed by atoms with Crippen LogP contribution in [0.1, 0.15) is 11.1 Å². The van der Waals surface area contributed by atoms with Crippen LogP contribution >= 0.6 is 11.6 Å². The Morgan fingerprint density at radius 2 is 1.81 bits per heavy atom. The second-order valence-electron chi connectivity index (χ2n) is 4.09. The number of benzene rings is 2. The van der Waals surface area contributed by atoms with Crippen LogP contribution in [0.3, 0.4) is 0 Å². The lowest BCUT2D eigenvalue weighted by Crippen LogP contribution is -2.06. The highest BCUT2D eigenvalue weighted by Gasteiger charge is 2.31. The molecule has 1 N–H and O–H groups in total. The van der Waals surface area contributed by atoms with Gasteiger partial charge in [-0.05, 0) is 30.3 Å². The molecule has 0 aliphatic heterocycles. The van der Waals surface area contributed by atoms with Crippen molar-refractivity contribution in [2.45, 2.75) is 6.18 Å². The number of hydrogen-bond acceptors (Lipinski definition) is 2. The summed E-state index contributed by atoms with van der Waals surface area (Å²) in [7, 11) is 0. The average Bonchev–Trinajstić information content (AvgIpc) is 2.40. The maximum Gasteiger partial charge on any atom is 0.416 e. The molecule has 0 amide bonds. The highest BCUT2D eigenvalue weighted by molar-refractivity contribution is 6.32. The first-order valence-electron chi connectivity index (χ1n) is 5.65. The molecule has 0 aliphatic carbocycles. The van der Waals surface area contributed by atoms with E-state index in [4.69, 9.17) is 16.9 Å². The molecule has 2 aromatic rings. The van der Waals surface area contributed by atoms with Crippen LogP contribution in [0, 0.1) is 17.1 Å². The van der Waals surface area contributed by atoms with E-state index in [2.05, 4.69) is 5.32 Å². The molecule has 0 radical (unpaired) electrons. The summed E-state index contributed by atoms with van der Waals surface area (Å²) in [6.45, 7) is 0. The third-order valence-corrected chi connectivity index (χ3v) is 3.00. The number of nitriles is 1. The molecule has 0 spiro atoms. The molecule has 0 saturated carbocycles. The predicted molar refractivity (Wildman–Crippen MR) is 70.9 cm³/mol. The predicted octanol–water partition coefficient (Wildman–Crippen LogP) is 5.11. The van der Waals surface area contributed by atoms with Crippen LogP contribution in [0.2, 0.25) is 5.02 Å². The van der Waals surface area contributed by atoms with Gasteiger partial charge in [0.2, 0.25) is 0 Å². The van der Waals surface area contributed by atoms with Crippen LogP contribution in [-0.2, 0) is 6.18 Å². The summed E-state index contributed by atoms with van der Waals surface area (Å²) in [5.74, 6) is -0.869. The minimum Gasteiger partial charge on any atom is -0.352 e. The molecule has 2 aromatic carbocycles. The topological polar surface area (TPSA) is 35.8 Å². The van der Waals surface area contributed by atoms with E-state index in [0.717, 1.165) is 0 Å². The van der Waals surface area contributed by atoms with E-state index in [1.54, 1.807) is 0 Å².